The maximum absolute atomic E-state index is 12.2. The van der Waals surface area contributed by atoms with Gasteiger partial charge in [-0.1, -0.05) is 26.2 Å². The molecule has 0 saturated heterocycles. The lowest BCUT2D eigenvalue weighted by molar-refractivity contribution is 0.0523. The molecule has 2 rings (SSSR count). The number of benzene rings is 2. The van der Waals surface area contributed by atoms with E-state index in [1.807, 2.05) is 6.07 Å². The first-order valence-corrected chi connectivity index (χ1v) is 8.62. The number of ether oxygens (including phenoxy) is 2. The number of unbranched alkanes of at least 4 members (excludes halogenated alkanes) is 3. The molecule has 0 aliphatic carbocycles. The van der Waals surface area contributed by atoms with Crippen molar-refractivity contribution in [3.05, 3.63) is 35.4 Å². The average Bonchev–Trinajstić information content (AvgIpc) is 2.60. The number of rotatable bonds is 8. The van der Waals surface area contributed by atoms with E-state index in [0.717, 1.165) is 36.0 Å². The summed E-state index contributed by atoms with van der Waals surface area (Å²) in [4.78, 5) is 12.2. The molecule has 0 aromatic heterocycles. The van der Waals surface area contributed by atoms with Crippen molar-refractivity contribution >= 4 is 16.7 Å². The van der Waals surface area contributed by atoms with E-state index in [9.17, 15) is 9.90 Å². The molecule has 0 amide bonds. The number of phenols is 1. The zero-order chi connectivity index (χ0) is 17.5. The van der Waals surface area contributed by atoms with Crippen molar-refractivity contribution in [1.29, 1.82) is 0 Å². The molecule has 130 valence electrons. The molecule has 0 radical (unpaired) electrons. The summed E-state index contributed by atoms with van der Waals surface area (Å²) in [5, 5.41) is 12.1. The second kappa shape index (κ2) is 8.57. The summed E-state index contributed by atoms with van der Waals surface area (Å²) in [6, 6.07) is 7.26. The fraction of sp³-hybridized carbons (Fsp3) is 0.450. The van der Waals surface area contributed by atoms with Crippen LogP contribution in [0.4, 0.5) is 0 Å². The SMILES string of the molecule is CCCCCCc1cc(C(=O)OCC)c(O)c2ccc(OC)cc12. The van der Waals surface area contributed by atoms with Gasteiger partial charge in [0, 0.05) is 5.39 Å². The third-order valence-corrected chi connectivity index (χ3v) is 4.20. The predicted molar refractivity (Wildman–Crippen MR) is 96.0 cm³/mol. The number of carbonyl (C=O) groups excluding carboxylic acids is 1. The van der Waals surface area contributed by atoms with Crippen LogP contribution in [-0.2, 0) is 11.2 Å². The van der Waals surface area contributed by atoms with Gasteiger partial charge in [0.25, 0.3) is 0 Å². The van der Waals surface area contributed by atoms with Crippen molar-refractivity contribution in [2.24, 2.45) is 0 Å². The van der Waals surface area contributed by atoms with Crippen LogP contribution in [0.25, 0.3) is 10.8 Å². The van der Waals surface area contributed by atoms with Gasteiger partial charge in [-0.15, -0.1) is 0 Å². The van der Waals surface area contributed by atoms with Crippen LogP contribution in [0.5, 0.6) is 11.5 Å². The van der Waals surface area contributed by atoms with Crippen LogP contribution in [0.3, 0.4) is 0 Å². The van der Waals surface area contributed by atoms with Gasteiger partial charge < -0.3 is 14.6 Å². The highest BCUT2D eigenvalue weighted by Gasteiger charge is 2.18. The van der Waals surface area contributed by atoms with Crippen LogP contribution >= 0.6 is 0 Å². The number of aryl methyl sites for hydroxylation is 1. The average molecular weight is 330 g/mol. The van der Waals surface area contributed by atoms with Crippen LogP contribution in [0.1, 0.15) is 55.5 Å². The molecule has 0 unspecified atom stereocenters. The molecule has 4 heteroatoms. The Balaban J connectivity index is 2.48. The molecule has 0 aliphatic rings. The number of esters is 1. The highest BCUT2D eigenvalue weighted by molar-refractivity contribution is 6.03. The summed E-state index contributed by atoms with van der Waals surface area (Å²) in [5.41, 5.74) is 1.28. The molecule has 0 saturated carbocycles. The van der Waals surface area contributed by atoms with Gasteiger partial charge in [0.05, 0.1) is 13.7 Å². The normalized spacial score (nSPS) is 10.8. The second-order valence-corrected chi connectivity index (χ2v) is 5.87. The maximum atomic E-state index is 12.2. The quantitative estimate of drug-likeness (QED) is 0.555. The molecule has 0 fully saturated rings. The Morgan fingerprint density at radius 3 is 2.54 bits per heavy atom. The van der Waals surface area contributed by atoms with Crippen LogP contribution in [0.15, 0.2) is 24.3 Å². The number of fused-ring (bicyclic) bond motifs is 1. The highest BCUT2D eigenvalue weighted by Crippen LogP contribution is 2.35. The molecule has 0 spiro atoms. The lowest BCUT2D eigenvalue weighted by Gasteiger charge is -2.13. The number of hydrogen-bond acceptors (Lipinski definition) is 4. The van der Waals surface area contributed by atoms with E-state index in [4.69, 9.17) is 9.47 Å². The summed E-state index contributed by atoms with van der Waals surface area (Å²) < 4.78 is 10.4. The van der Waals surface area contributed by atoms with Crippen molar-refractivity contribution in [3.8, 4) is 11.5 Å². The number of phenolic OH excluding ortho intramolecular Hbond substituents is 1. The van der Waals surface area contributed by atoms with Gasteiger partial charge in [0.2, 0.25) is 0 Å². The van der Waals surface area contributed by atoms with Crippen molar-refractivity contribution in [2.45, 2.75) is 46.0 Å². The van der Waals surface area contributed by atoms with Crippen molar-refractivity contribution in [1.82, 2.24) is 0 Å². The van der Waals surface area contributed by atoms with Gasteiger partial charge in [-0.05, 0) is 55.0 Å². The summed E-state index contributed by atoms with van der Waals surface area (Å²) in [6.07, 6.45) is 5.43. The number of aromatic hydroxyl groups is 1. The maximum Gasteiger partial charge on any atom is 0.341 e. The van der Waals surface area contributed by atoms with Gasteiger partial charge in [0.15, 0.2) is 0 Å². The molecular weight excluding hydrogens is 304 g/mol. The minimum atomic E-state index is -0.484. The predicted octanol–water partition coefficient (Wildman–Crippen LogP) is 4.85. The lowest BCUT2D eigenvalue weighted by atomic mass is 9.95. The fourth-order valence-corrected chi connectivity index (χ4v) is 2.90. The molecule has 2 aromatic rings. The Morgan fingerprint density at radius 2 is 1.88 bits per heavy atom. The molecule has 0 aliphatic heterocycles. The topological polar surface area (TPSA) is 55.8 Å². The second-order valence-electron chi connectivity index (χ2n) is 5.87. The van der Waals surface area contributed by atoms with Gasteiger partial charge in [-0.2, -0.15) is 0 Å². The van der Waals surface area contributed by atoms with E-state index in [2.05, 4.69) is 6.92 Å². The van der Waals surface area contributed by atoms with Gasteiger partial charge in [-0.25, -0.2) is 4.79 Å². The summed E-state index contributed by atoms with van der Waals surface area (Å²) in [5.74, 6) is 0.228. The zero-order valence-corrected chi connectivity index (χ0v) is 14.7. The zero-order valence-electron chi connectivity index (χ0n) is 14.7. The van der Waals surface area contributed by atoms with Crippen LogP contribution in [0, 0.1) is 0 Å². The van der Waals surface area contributed by atoms with E-state index >= 15 is 0 Å². The van der Waals surface area contributed by atoms with E-state index in [1.165, 1.54) is 12.8 Å². The van der Waals surface area contributed by atoms with Crippen molar-refractivity contribution in [2.75, 3.05) is 13.7 Å². The molecule has 0 bridgehead atoms. The van der Waals surface area contributed by atoms with Crippen molar-refractivity contribution < 1.29 is 19.4 Å². The minimum absolute atomic E-state index is 0.0246. The Bertz CT molecular complexity index is 706. The van der Waals surface area contributed by atoms with E-state index in [-0.39, 0.29) is 17.9 Å². The third kappa shape index (κ3) is 3.99. The molecule has 2 aromatic carbocycles. The van der Waals surface area contributed by atoms with E-state index < -0.39 is 5.97 Å². The standard InChI is InChI=1S/C20H26O4/c1-4-6-7-8-9-14-12-18(20(22)24-5-2)19(21)16-11-10-15(23-3)13-17(14)16/h10-13,21H,4-9H2,1-3H3. The summed E-state index contributed by atoms with van der Waals surface area (Å²) in [6.45, 7) is 4.22. The minimum Gasteiger partial charge on any atom is -0.506 e. The highest BCUT2D eigenvalue weighted by atomic mass is 16.5. The lowest BCUT2D eigenvalue weighted by Crippen LogP contribution is -2.06. The van der Waals surface area contributed by atoms with Crippen molar-refractivity contribution in [3.63, 3.8) is 0 Å². The Labute approximate surface area is 143 Å². The molecule has 1 N–H and O–H groups in total. The van der Waals surface area contributed by atoms with Crippen LogP contribution in [-0.4, -0.2) is 24.8 Å². The summed E-state index contributed by atoms with van der Waals surface area (Å²) in [7, 11) is 1.62. The van der Waals surface area contributed by atoms with Gasteiger partial charge >= 0.3 is 5.97 Å². The Hall–Kier alpha value is -2.23. The first kappa shape index (κ1) is 18.1. The van der Waals surface area contributed by atoms with E-state index in [0.29, 0.717) is 5.39 Å². The van der Waals surface area contributed by atoms with Crippen LogP contribution in [0.2, 0.25) is 0 Å². The number of hydrogen-bond donors (Lipinski definition) is 1. The fourth-order valence-electron chi connectivity index (χ4n) is 2.90. The van der Waals surface area contributed by atoms with Gasteiger partial charge in [-0.3, -0.25) is 0 Å². The Kier molecular flexibility index (Phi) is 6.47. The first-order chi connectivity index (χ1) is 11.6. The Morgan fingerprint density at radius 1 is 1.08 bits per heavy atom. The third-order valence-electron chi connectivity index (χ3n) is 4.20. The number of carbonyl (C=O) groups is 1. The summed E-state index contributed by atoms with van der Waals surface area (Å²) >= 11 is 0. The largest absolute Gasteiger partial charge is 0.506 e. The van der Waals surface area contributed by atoms with Gasteiger partial charge in [0.1, 0.15) is 17.1 Å². The van der Waals surface area contributed by atoms with E-state index in [1.54, 1.807) is 32.2 Å². The molecular formula is C20H26O4. The number of methoxy groups -OCH3 is 1. The molecule has 4 nitrogen and oxygen atoms in total. The first-order valence-electron chi connectivity index (χ1n) is 8.62. The smallest absolute Gasteiger partial charge is 0.341 e. The van der Waals surface area contributed by atoms with Crippen LogP contribution < -0.4 is 4.74 Å². The molecule has 0 heterocycles. The molecule has 0 atom stereocenters. The monoisotopic (exact) mass is 330 g/mol. The molecule has 24 heavy (non-hydrogen) atoms.